The predicted molar refractivity (Wildman–Crippen MR) is 117 cm³/mol. The van der Waals surface area contributed by atoms with Gasteiger partial charge in [-0.3, -0.25) is 20.0 Å². The summed E-state index contributed by atoms with van der Waals surface area (Å²) in [4.78, 5) is 25.7. The Labute approximate surface area is 179 Å². The number of fused-ring (bicyclic) bond motifs is 1. The molecule has 4 N–H and O–H groups in total. The van der Waals surface area contributed by atoms with E-state index in [0.29, 0.717) is 33.2 Å². The zero-order chi connectivity index (χ0) is 21.1. The molecule has 1 fully saturated rings. The van der Waals surface area contributed by atoms with Gasteiger partial charge in [0.15, 0.2) is 5.96 Å². The highest BCUT2D eigenvalue weighted by molar-refractivity contribution is 6.35. The molecule has 156 valence electrons. The summed E-state index contributed by atoms with van der Waals surface area (Å²) in [5, 5.41) is 3.65. The van der Waals surface area contributed by atoms with Crippen LogP contribution in [0.2, 0.25) is 5.02 Å². The van der Waals surface area contributed by atoms with E-state index < -0.39 is 5.91 Å². The van der Waals surface area contributed by atoms with E-state index in [-0.39, 0.29) is 5.96 Å². The second-order valence-corrected chi connectivity index (χ2v) is 7.61. The van der Waals surface area contributed by atoms with Gasteiger partial charge in [-0.25, -0.2) is 4.98 Å². The number of nitrogens with one attached hydrogen (secondary N) is 2. The Balaban J connectivity index is 1.54. The van der Waals surface area contributed by atoms with Crippen LogP contribution in [-0.4, -0.2) is 46.9 Å². The first-order chi connectivity index (χ1) is 14.5. The Morgan fingerprint density at radius 1 is 1.33 bits per heavy atom. The third kappa shape index (κ3) is 4.55. The van der Waals surface area contributed by atoms with Gasteiger partial charge in [0, 0.05) is 43.4 Å². The van der Waals surface area contributed by atoms with Crippen LogP contribution in [0.25, 0.3) is 10.9 Å². The van der Waals surface area contributed by atoms with Crippen LogP contribution in [-0.2, 0) is 6.54 Å². The molecule has 4 rings (SSSR count). The maximum absolute atomic E-state index is 12.3. The molecule has 1 aliphatic rings. The number of nitrogens with zero attached hydrogens (tertiary/aromatic N) is 3. The molecule has 9 heteroatoms. The summed E-state index contributed by atoms with van der Waals surface area (Å²) in [5.74, 6) is 0.665. The Bertz CT molecular complexity index is 1100. The summed E-state index contributed by atoms with van der Waals surface area (Å²) in [6, 6.07) is 9.09. The number of carbonyl (C=O) groups excluding carboxylic acids is 1. The zero-order valence-electron chi connectivity index (χ0n) is 16.6. The number of hydrogen-bond donors (Lipinski definition) is 3. The van der Waals surface area contributed by atoms with E-state index in [1.165, 1.54) is 19.9 Å². The van der Waals surface area contributed by atoms with E-state index in [4.69, 9.17) is 22.1 Å². The lowest BCUT2D eigenvalue weighted by Crippen LogP contribution is -2.36. The van der Waals surface area contributed by atoms with E-state index in [1.54, 1.807) is 24.4 Å². The van der Waals surface area contributed by atoms with Gasteiger partial charge in [0.05, 0.1) is 10.5 Å². The standard InChI is InChI=1S/C21H23ClN6O2/c1-24-21(23)27-20(29)18-11-15-16(22)9-14(10-17(15)26-18)30-19-8-13(4-5-25-19)12-28-6-2-3-7-28/h4-5,8-11,26H,2-3,6-7,12H2,1H3,(H3,23,24,27,29). The van der Waals surface area contributed by atoms with Gasteiger partial charge in [0.25, 0.3) is 5.91 Å². The number of aromatic nitrogens is 2. The van der Waals surface area contributed by atoms with E-state index in [2.05, 4.69) is 25.2 Å². The molecule has 0 bridgehead atoms. The van der Waals surface area contributed by atoms with E-state index in [9.17, 15) is 4.79 Å². The zero-order valence-corrected chi connectivity index (χ0v) is 17.4. The topological polar surface area (TPSA) is 109 Å². The van der Waals surface area contributed by atoms with Crippen molar-refractivity contribution in [1.29, 1.82) is 0 Å². The monoisotopic (exact) mass is 426 g/mol. The van der Waals surface area contributed by atoms with E-state index in [0.717, 1.165) is 25.2 Å². The second kappa shape index (κ2) is 8.73. The molecular formula is C21H23ClN6O2. The number of aliphatic imine (C=N–C) groups is 1. The van der Waals surface area contributed by atoms with Crippen LogP contribution >= 0.6 is 11.6 Å². The van der Waals surface area contributed by atoms with Crippen molar-refractivity contribution in [2.45, 2.75) is 19.4 Å². The minimum absolute atomic E-state index is 0.0358. The number of guanidine groups is 1. The number of rotatable bonds is 5. The molecule has 30 heavy (non-hydrogen) atoms. The number of aromatic amines is 1. The van der Waals surface area contributed by atoms with Crippen molar-refractivity contribution >= 4 is 34.4 Å². The fraction of sp³-hybridized carbons (Fsp3) is 0.286. The number of likely N-dealkylation sites (tertiary alicyclic amines) is 1. The number of H-pyrrole nitrogens is 1. The number of nitrogens with two attached hydrogens (primary N) is 1. The van der Waals surface area contributed by atoms with E-state index in [1.807, 2.05) is 12.1 Å². The number of halogens is 1. The summed E-state index contributed by atoms with van der Waals surface area (Å²) in [6.45, 7) is 3.14. The van der Waals surface area contributed by atoms with Gasteiger partial charge >= 0.3 is 0 Å². The fourth-order valence-electron chi connectivity index (χ4n) is 3.51. The largest absolute Gasteiger partial charge is 0.439 e. The van der Waals surface area contributed by atoms with Crippen LogP contribution in [0.3, 0.4) is 0 Å². The first kappa shape index (κ1) is 20.2. The van der Waals surface area contributed by atoms with Gasteiger partial charge in [-0.05, 0) is 43.6 Å². The Morgan fingerprint density at radius 2 is 2.13 bits per heavy atom. The minimum Gasteiger partial charge on any atom is -0.439 e. The lowest BCUT2D eigenvalue weighted by atomic mass is 10.2. The third-order valence-electron chi connectivity index (χ3n) is 5.01. The van der Waals surface area contributed by atoms with Crippen LogP contribution in [0.15, 0.2) is 41.5 Å². The Hall–Kier alpha value is -3.10. The Kier molecular flexibility index (Phi) is 5.87. The minimum atomic E-state index is -0.399. The second-order valence-electron chi connectivity index (χ2n) is 7.20. The SMILES string of the molecule is CN=C(N)NC(=O)c1cc2c(Cl)cc(Oc3cc(CN4CCCC4)ccn3)cc2[nH]1. The number of amides is 1. The van der Waals surface area contributed by atoms with Crippen LogP contribution in [0.4, 0.5) is 0 Å². The van der Waals surface area contributed by atoms with Gasteiger partial charge in [-0.2, -0.15) is 0 Å². The number of pyridine rings is 1. The van der Waals surface area contributed by atoms with Gasteiger partial charge in [-0.15, -0.1) is 0 Å². The third-order valence-corrected chi connectivity index (χ3v) is 5.33. The molecule has 1 aliphatic heterocycles. The number of benzene rings is 1. The maximum atomic E-state index is 12.3. The van der Waals surface area contributed by atoms with Crippen molar-refractivity contribution in [1.82, 2.24) is 20.2 Å². The molecule has 0 spiro atoms. The van der Waals surface area contributed by atoms with E-state index >= 15 is 0 Å². The summed E-state index contributed by atoms with van der Waals surface area (Å²) < 4.78 is 5.95. The molecule has 3 heterocycles. The molecule has 0 radical (unpaired) electrons. The van der Waals surface area contributed by atoms with Crippen molar-refractivity contribution in [3.63, 3.8) is 0 Å². The summed E-state index contributed by atoms with van der Waals surface area (Å²) >= 11 is 6.42. The molecule has 1 amide bonds. The fourth-order valence-corrected chi connectivity index (χ4v) is 3.78. The molecule has 8 nitrogen and oxygen atoms in total. The molecular weight excluding hydrogens is 404 g/mol. The van der Waals surface area contributed by atoms with Crippen molar-refractivity contribution in [2.75, 3.05) is 20.1 Å². The highest BCUT2D eigenvalue weighted by atomic mass is 35.5. The maximum Gasteiger partial charge on any atom is 0.274 e. The first-order valence-electron chi connectivity index (χ1n) is 9.73. The van der Waals surface area contributed by atoms with Crippen LogP contribution in [0, 0.1) is 0 Å². The van der Waals surface area contributed by atoms with Gasteiger partial charge in [-0.1, -0.05) is 11.6 Å². The average molecular weight is 427 g/mol. The number of hydrogen-bond acceptors (Lipinski definition) is 5. The van der Waals surface area contributed by atoms with Crippen molar-refractivity contribution in [3.05, 3.63) is 52.8 Å². The molecule has 1 saturated heterocycles. The van der Waals surface area contributed by atoms with Crippen LogP contribution in [0.1, 0.15) is 28.9 Å². The summed E-state index contributed by atoms with van der Waals surface area (Å²) in [7, 11) is 1.50. The molecule has 2 aromatic heterocycles. The molecule has 0 atom stereocenters. The van der Waals surface area contributed by atoms with Crippen molar-refractivity contribution in [3.8, 4) is 11.6 Å². The number of ether oxygens (including phenoxy) is 1. The van der Waals surface area contributed by atoms with Gasteiger partial charge in [0.2, 0.25) is 5.88 Å². The highest BCUT2D eigenvalue weighted by Crippen LogP contribution is 2.32. The lowest BCUT2D eigenvalue weighted by molar-refractivity contribution is 0.0972. The smallest absolute Gasteiger partial charge is 0.274 e. The highest BCUT2D eigenvalue weighted by Gasteiger charge is 2.15. The molecule has 3 aromatic rings. The molecule has 0 unspecified atom stereocenters. The number of carbonyl (C=O) groups is 1. The molecule has 0 saturated carbocycles. The average Bonchev–Trinajstić information content (AvgIpc) is 3.38. The normalized spacial score (nSPS) is 14.9. The molecule has 0 aliphatic carbocycles. The Morgan fingerprint density at radius 3 is 2.90 bits per heavy atom. The lowest BCUT2D eigenvalue weighted by Gasteiger charge is -2.15. The van der Waals surface area contributed by atoms with Gasteiger partial charge in [0.1, 0.15) is 11.4 Å². The van der Waals surface area contributed by atoms with Crippen LogP contribution in [0.5, 0.6) is 11.6 Å². The predicted octanol–water partition coefficient (Wildman–Crippen LogP) is 3.28. The van der Waals surface area contributed by atoms with Gasteiger partial charge < -0.3 is 15.5 Å². The quantitative estimate of drug-likeness (QED) is 0.428. The summed E-state index contributed by atoms with van der Waals surface area (Å²) in [5.41, 5.74) is 7.70. The first-order valence-corrected chi connectivity index (χ1v) is 10.1. The van der Waals surface area contributed by atoms with Crippen molar-refractivity contribution < 1.29 is 9.53 Å². The van der Waals surface area contributed by atoms with Crippen molar-refractivity contribution in [2.24, 2.45) is 10.7 Å². The van der Waals surface area contributed by atoms with Crippen LogP contribution < -0.4 is 15.8 Å². The summed E-state index contributed by atoms with van der Waals surface area (Å²) in [6.07, 6.45) is 4.25. The molecule has 1 aromatic carbocycles.